The first kappa shape index (κ1) is 14.0. The largest absolute Gasteiger partial charge is 0.481 e. The van der Waals surface area contributed by atoms with Gasteiger partial charge in [0.05, 0.1) is 17.9 Å². The quantitative estimate of drug-likeness (QED) is 0.761. The van der Waals surface area contributed by atoms with E-state index in [1.807, 2.05) is 0 Å². The summed E-state index contributed by atoms with van der Waals surface area (Å²) in [6.07, 6.45) is 0.617. The van der Waals surface area contributed by atoms with Crippen molar-refractivity contribution in [2.45, 2.75) is 45.3 Å². The van der Waals surface area contributed by atoms with Crippen LogP contribution in [-0.4, -0.2) is 35.9 Å². The van der Waals surface area contributed by atoms with Crippen molar-refractivity contribution in [3.05, 3.63) is 0 Å². The number of ether oxygens (including phenoxy) is 2. The number of hydrogen-bond donors (Lipinski definition) is 1. The van der Waals surface area contributed by atoms with Gasteiger partial charge in [-0.05, 0) is 33.6 Å². The molecule has 0 saturated heterocycles. The predicted molar refractivity (Wildman–Crippen MR) is 60.5 cm³/mol. The molecule has 0 aromatic heterocycles. The second kappa shape index (κ2) is 5.04. The summed E-state index contributed by atoms with van der Waals surface area (Å²) < 4.78 is 10.4. The van der Waals surface area contributed by atoms with Crippen LogP contribution in [0.15, 0.2) is 0 Å². The Morgan fingerprint density at radius 2 is 1.71 bits per heavy atom. The highest BCUT2D eigenvalue weighted by Gasteiger charge is 2.44. The molecule has 0 radical (unpaired) electrons. The van der Waals surface area contributed by atoms with Crippen molar-refractivity contribution in [1.29, 1.82) is 0 Å². The minimum Gasteiger partial charge on any atom is -0.481 e. The Morgan fingerprint density at radius 1 is 1.18 bits per heavy atom. The first-order chi connectivity index (χ1) is 7.74. The van der Waals surface area contributed by atoms with Crippen molar-refractivity contribution in [3.8, 4) is 0 Å². The molecule has 0 aliphatic heterocycles. The van der Waals surface area contributed by atoms with Gasteiger partial charge in [-0.25, -0.2) is 0 Å². The van der Waals surface area contributed by atoms with E-state index in [0.717, 1.165) is 0 Å². The molecule has 0 aromatic rings. The van der Waals surface area contributed by atoms with Crippen molar-refractivity contribution in [2.75, 3.05) is 7.11 Å². The SMILES string of the molecule is COC1C[C@@H](C(=O)O)[C@H](C(=O)OC(C)(C)C)C1. The summed E-state index contributed by atoms with van der Waals surface area (Å²) in [5.74, 6) is -2.70. The van der Waals surface area contributed by atoms with Crippen LogP contribution in [0.25, 0.3) is 0 Å². The molecular formula is C12H20O5. The maximum atomic E-state index is 11.9. The Hall–Kier alpha value is -1.10. The molecule has 1 aliphatic carbocycles. The van der Waals surface area contributed by atoms with Gasteiger partial charge in [-0.15, -0.1) is 0 Å². The number of hydrogen-bond acceptors (Lipinski definition) is 4. The van der Waals surface area contributed by atoms with Crippen molar-refractivity contribution < 1.29 is 24.2 Å². The first-order valence-electron chi connectivity index (χ1n) is 5.73. The highest BCUT2D eigenvalue weighted by molar-refractivity contribution is 5.82. The van der Waals surface area contributed by atoms with E-state index < -0.39 is 29.4 Å². The molecule has 1 aliphatic rings. The van der Waals surface area contributed by atoms with E-state index >= 15 is 0 Å². The van der Waals surface area contributed by atoms with Crippen LogP contribution in [0.3, 0.4) is 0 Å². The zero-order chi connectivity index (χ0) is 13.2. The molecule has 0 bridgehead atoms. The maximum Gasteiger partial charge on any atom is 0.310 e. The van der Waals surface area contributed by atoms with Gasteiger partial charge in [0.1, 0.15) is 5.60 Å². The molecule has 0 spiro atoms. The van der Waals surface area contributed by atoms with Crippen molar-refractivity contribution in [1.82, 2.24) is 0 Å². The van der Waals surface area contributed by atoms with Gasteiger partial charge in [0, 0.05) is 7.11 Å². The van der Waals surface area contributed by atoms with Crippen molar-refractivity contribution in [2.24, 2.45) is 11.8 Å². The molecule has 1 rings (SSSR count). The molecule has 0 aromatic carbocycles. The van der Waals surface area contributed by atoms with E-state index in [0.29, 0.717) is 12.8 Å². The van der Waals surface area contributed by atoms with Crippen LogP contribution in [0, 0.1) is 11.8 Å². The standard InChI is InChI=1S/C12H20O5/c1-12(2,3)17-11(15)9-6-7(16-4)5-8(9)10(13)14/h7-9H,5-6H2,1-4H3,(H,13,14)/t7?,8-,9-/m1/s1. The van der Waals surface area contributed by atoms with Crippen LogP contribution in [-0.2, 0) is 19.1 Å². The van der Waals surface area contributed by atoms with Crippen molar-refractivity contribution in [3.63, 3.8) is 0 Å². The van der Waals surface area contributed by atoms with Crippen LogP contribution in [0.5, 0.6) is 0 Å². The number of esters is 1. The molecule has 1 unspecified atom stereocenters. The normalized spacial score (nSPS) is 29.1. The smallest absolute Gasteiger partial charge is 0.310 e. The Kier molecular flexibility index (Phi) is 4.14. The van der Waals surface area contributed by atoms with Gasteiger partial charge >= 0.3 is 11.9 Å². The second-order valence-corrected chi connectivity index (χ2v) is 5.41. The van der Waals surface area contributed by atoms with Gasteiger partial charge in [0.2, 0.25) is 0 Å². The first-order valence-corrected chi connectivity index (χ1v) is 5.73. The van der Waals surface area contributed by atoms with E-state index in [2.05, 4.69) is 0 Å². The molecule has 0 heterocycles. The lowest BCUT2D eigenvalue weighted by Gasteiger charge is -2.23. The molecule has 98 valence electrons. The number of methoxy groups -OCH3 is 1. The summed E-state index contributed by atoms with van der Waals surface area (Å²) in [6, 6.07) is 0. The average molecular weight is 244 g/mol. The van der Waals surface area contributed by atoms with Gasteiger partial charge in [0.15, 0.2) is 0 Å². The van der Waals surface area contributed by atoms with Gasteiger partial charge in [-0.3, -0.25) is 9.59 Å². The average Bonchev–Trinajstić information content (AvgIpc) is 2.58. The van der Waals surface area contributed by atoms with Crippen LogP contribution < -0.4 is 0 Å². The molecule has 1 fully saturated rings. The summed E-state index contributed by atoms with van der Waals surface area (Å²) in [5.41, 5.74) is -0.592. The molecule has 1 N–H and O–H groups in total. The molecule has 5 nitrogen and oxygen atoms in total. The van der Waals surface area contributed by atoms with Crippen LogP contribution in [0.4, 0.5) is 0 Å². The summed E-state index contributed by atoms with van der Waals surface area (Å²) in [6.45, 7) is 5.30. The third-order valence-corrected chi connectivity index (χ3v) is 2.88. The van der Waals surface area contributed by atoms with Crippen molar-refractivity contribution >= 4 is 11.9 Å². The number of carboxylic acid groups (broad SMARTS) is 1. The summed E-state index contributed by atoms with van der Waals surface area (Å²) in [4.78, 5) is 23.0. The van der Waals surface area contributed by atoms with Crippen LogP contribution in [0.1, 0.15) is 33.6 Å². The number of aliphatic carboxylic acids is 1. The summed E-state index contributed by atoms with van der Waals surface area (Å²) in [5, 5.41) is 9.08. The zero-order valence-electron chi connectivity index (χ0n) is 10.7. The lowest BCUT2D eigenvalue weighted by atomic mass is 9.96. The fraction of sp³-hybridized carbons (Fsp3) is 0.833. The van der Waals surface area contributed by atoms with E-state index in [-0.39, 0.29) is 6.10 Å². The summed E-state index contributed by atoms with van der Waals surface area (Å²) >= 11 is 0. The number of carbonyl (C=O) groups excluding carboxylic acids is 1. The van der Waals surface area contributed by atoms with E-state index in [4.69, 9.17) is 14.6 Å². The second-order valence-electron chi connectivity index (χ2n) is 5.41. The molecular weight excluding hydrogens is 224 g/mol. The Labute approximate surface area is 101 Å². The van der Waals surface area contributed by atoms with E-state index in [1.54, 1.807) is 20.8 Å². The third-order valence-electron chi connectivity index (χ3n) is 2.88. The highest BCUT2D eigenvalue weighted by atomic mass is 16.6. The molecule has 3 atom stereocenters. The Balaban J connectivity index is 2.73. The molecule has 5 heteroatoms. The molecule has 0 amide bonds. The Bertz CT molecular complexity index is 305. The van der Waals surface area contributed by atoms with Crippen LogP contribution >= 0.6 is 0 Å². The topological polar surface area (TPSA) is 72.8 Å². The fourth-order valence-electron chi connectivity index (χ4n) is 2.09. The highest BCUT2D eigenvalue weighted by Crippen LogP contribution is 2.35. The lowest BCUT2D eigenvalue weighted by molar-refractivity contribution is -0.165. The van der Waals surface area contributed by atoms with Crippen LogP contribution in [0.2, 0.25) is 0 Å². The van der Waals surface area contributed by atoms with Gasteiger partial charge in [0.25, 0.3) is 0 Å². The van der Waals surface area contributed by atoms with Gasteiger partial charge in [-0.2, -0.15) is 0 Å². The number of rotatable bonds is 3. The number of carboxylic acids is 1. The Morgan fingerprint density at radius 3 is 2.12 bits per heavy atom. The molecule has 17 heavy (non-hydrogen) atoms. The maximum absolute atomic E-state index is 11.9. The van der Waals surface area contributed by atoms with Gasteiger partial charge < -0.3 is 14.6 Å². The monoisotopic (exact) mass is 244 g/mol. The summed E-state index contributed by atoms with van der Waals surface area (Å²) in [7, 11) is 1.53. The third kappa shape index (κ3) is 3.70. The van der Waals surface area contributed by atoms with Gasteiger partial charge in [-0.1, -0.05) is 0 Å². The minimum atomic E-state index is -0.958. The van der Waals surface area contributed by atoms with E-state index in [9.17, 15) is 9.59 Å². The predicted octanol–water partition coefficient (Wildman–Crippen LogP) is 1.45. The number of carbonyl (C=O) groups is 2. The minimum absolute atomic E-state index is 0.173. The molecule has 1 saturated carbocycles. The fourth-order valence-corrected chi connectivity index (χ4v) is 2.09. The lowest BCUT2D eigenvalue weighted by Crippen LogP contribution is -2.32. The van der Waals surface area contributed by atoms with E-state index in [1.165, 1.54) is 7.11 Å². The zero-order valence-corrected chi connectivity index (χ0v) is 10.7.